The van der Waals surface area contributed by atoms with E-state index in [-0.39, 0.29) is 5.91 Å². The van der Waals surface area contributed by atoms with E-state index in [1.807, 2.05) is 29.2 Å². The SMILES string of the molecule is Cc1ccc(NCC(=O)N2CCN(c3cccc(C)c3)CC2)cc1. The number of carbonyl (C=O) groups excluding carboxylic acids is 1. The molecule has 1 fully saturated rings. The summed E-state index contributed by atoms with van der Waals surface area (Å²) in [4.78, 5) is 16.7. The Kier molecular flexibility index (Phi) is 5.04. The monoisotopic (exact) mass is 323 g/mol. The van der Waals surface area contributed by atoms with Crippen molar-refractivity contribution in [1.82, 2.24) is 4.90 Å². The van der Waals surface area contributed by atoms with Gasteiger partial charge in [0.05, 0.1) is 6.54 Å². The van der Waals surface area contributed by atoms with Crippen molar-refractivity contribution in [2.75, 3.05) is 42.9 Å². The first-order valence-corrected chi connectivity index (χ1v) is 8.52. The normalized spacial score (nSPS) is 14.6. The fraction of sp³-hybridized carbons (Fsp3) is 0.350. The Hall–Kier alpha value is -2.49. The molecule has 0 unspecified atom stereocenters. The second-order valence-corrected chi connectivity index (χ2v) is 6.43. The Balaban J connectivity index is 1.49. The zero-order chi connectivity index (χ0) is 16.9. The molecule has 4 nitrogen and oxygen atoms in total. The Labute approximate surface area is 144 Å². The molecule has 1 amide bonds. The van der Waals surface area contributed by atoms with Crippen LogP contribution in [-0.2, 0) is 4.79 Å². The highest BCUT2D eigenvalue weighted by atomic mass is 16.2. The molecule has 2 aromatic rings. The topological polar surface area (TPSA) is 35.6 Å². The number of piperazine rings is 1. The summed E-state index contributed by atoms with van der Waals surface area (Å²) in [6.07, 6.45) is 0. The summed E-state index contributed by atoms with van der Waals surface area (Å²) >= 11 is 0. The quantitative estimate of drug-likeness (QED) is 0.939. The van der Waals surface area contributed by atoms with E-state index >= 15 is 0 Å². The Morgan fingerprint density at radius 3 is 2.33 bits per heavy atom. The van der Waals surface area contributed by atoms with Gasteiger partial charge in [-0.05, 0) is 43.7 Å². The molecular formula is C20H25N3O. The number of amides is 1. The van der Waals surface area contributed by atoms with Crippen molar-refractivity contribution in [3.8, 4) is 0 Å². The molecule has 1 N–H and O–H groups in total. The number of benzene rings is 2. The van der Waals surface area contributed by atoms with Gasteiger partial charge in [0.25, 0.3) is 0 Å². The first kappa shape index (κ1) is 16.4. The van der Waals surface area contributed by atoms with Crippen molar-refractivity contribution < 1.29 is 4.79 Å². The summed E-state index contributed by atoms with van der Waals surface area (Å²) in [6, 6.07) is 16.7. The summed E-state index contributed by atoms with van der Waals surface area (Å²) < 4.78 is 0. The molecular weight excluding hydrogens is 298 g/mol. The third kappa shape index (κ3) is 4.07. The number of nitrogens with zero attached hydrogens (tertiary/aromatic N) is 2. The molecule has 0 aromatic heterocycles. The second kappa shape index (κ2) is 7.39. The number of hydrogen-bond acceptors (Lipinski definition) is 3. The van der Waals surface area contributed by atoms with E-state index in [1.54, 1.807) is 0 Å². The molecule has 0 aliphatic carbocycles. The molecule has 4 heteroatoms. The van der Waals surface area contributed by atoms with Gasteiger partial charge in [0.1, 0.15) is 0 Å². The predicted octanol–water partition coefficient (Wildman–Crippen LogP) is 3.06. The van der Waals surface area contributed by atoms with Crippen molar-refractivity contribution in [2.24, 2.45) is 0 Å². The van der Waals surface area contributed by atoms with Gasteiger partial charge in [0.2, 0.25) is 5.91 Å². The maximum Gasteiger partial charge on any atom is 0.241 e. The molecule has 126 valence electrons. The van der Waals surface area contributed by atoms with Gasteiger partial charge < -0.3 is 15.1 Å². The first-order valence-electron chi connectivity index (χ1n) is 8.52. The smallest absolute Gasteiger partial charge is 0.241 e. The molecule has 2 aromatic carbocycles. The van der Waals surface area contributed by atoms with Gasteiger partial charge in [-0.15, -0.1) is 0 Å². The molecule has 24 heavy (non-hydrogen) atoms. The average Bonchev–Trinajstić information content (AvgIpc) is 2.61. The summed E-state index contributed by atoms with van der Waals surface area (Å²) in [6.45, 7) is 7.86. The van der Waals surface area contributed by atoms with E-state index in [0.29, 0.717) is 6.54 Å². The van der Waals surface area contributed by atoms with Gasteiger partial charge >= 0.3 is 0 Å². The summed E-state index contributed by atoms with van der Waals surface area (Å²) in [5.41, 5.74) is 4.74. The zero-order valence-electron chi connectivity index (χ0n) is 14.5. The molecule has 0 bridgehead atoms. The minimum Gasteiger partial charge on any atom is -0.376 e. The lowest BCUT2D eigenvalue weighted by Gasteiger charge is -2.36. The van der Waals surface area contributed by atoms with Crippen molar-refractivity contribution in [2.45, 2.75) is 13.8 Å². The van der Waals surface area contributed by atoms with Crippen molar-refractivity contribution >= 4 is 17.3 Å². The predicted molar refractivity (Wildman–Crippen MR) is 99.6 cm³/mol. The van der Waals surface area contributed by atoms with Crippen LogP contribution in [0.3, 0.4) is 0 Å². The maximum absolute atomic E-state index is 12.4. The van der Waals surface area contributed by atoms with Crippen LogP contribution in [-0.4, -0.2) is 43.5 Å². The number of aryl methyl sites for hydroxylation is 2. The molecule has 0 atom stereocenters. The van der Waals surface area contributed by atoms with Crippen LogP contribution in [0.2, 0.25) is 0 Å². The zero-order valence-corrected chi connectivity index (χ0v) is 14.5. The number of anilines is 2. The fourth-order valence-corrected chi connectivity index (χ4v) is 3.00. The van der Waals surface area contributed by atoms with Crippen molar-refractivity contribution in [1.29, 1.82) is 0 Å². The lowest BCUT2D eigenvalue weighted by Crippen LogP contribution is -2.50. The van der Waals surface area contributed by atoms with Gasteiger partial charge in [0, 0.05) is 37.6 Å². The van der Waals surface area contributed by atoms with E-state index < -0.39 is 0 Å². The number of rotatable bonds is 4. The van der Waals surface area contributed by atoms with E-state index in [1.165, 1.54) is 16.8 Å². The summed E-state index contributed by atoms with van der Waals surface area (Å²) in [7, 11) is 0. The van der Waals surface area contributed by atoms with Crippen LogP contribution in [0.25, 0.3) is 0 Å². The highest BCUT2D eigenvalue weighted by Crippen LogP contribution is 2.18. The van der Waals surface area contributed by atoms with E-state index in [0.717, 1.165) is 31.9 Å². The van der Waals surface area contributed by atoms with Crippen LogP contribution in [0.1, 0.15) is 11.1 Å². The Morgan fingerprint density at radius 1 is 0.958 bits per heavy atom. The Bertz CT molecular complexity index is 688. The van der Waals surface area contributed by atoms with E-state index in [9.17, 15) is 4.79 Å². The average molecular weight is 323 g/mol. The highest BCUT2D eigenvalue weighted by molar-refractivity contribution is 5.81. The number of carbonyl (C=O) groups is 1. The van der Waals surface area contributed by atoms with Crippen molar-refractivity contribution in [3.05, 3.63) is 59.7 Å². The van der Waals surface area contributed by atoms with Gasteiger partial charge in [-0.2, -0.15) is 0 Å². The lowest BCUT2D eigenvalue weighted by molar-refractivity contribution is -0.129. The fourth-order valence-electron chi connectivity index (χ4n) is 3.00. The van der Waals surface area contributed by atoms with E-state index in [4.69, 9.17) is 0 Å². The van der Waals surface area contributed by atoms with Crippen LogP contribution in [0.15, 0.2) is 48.5 Å². The third-order valence-corrected chi connectivity index (χ3v) is 4.49. The van der Waals surface area contributed by atoms with Crippen molar-refractivity contribution in [3.63, 3.8) is 0 Å². The molecule has 1 saturated heterocycles. The standard InChI is InChI=1S/C20H25N3O/c1-16-6-8-18(9-7-16)21-15-20(24)23-12-10-22(11-13-23)19-5-3-4-17(2)14-19/h3-9,14,21H,10-13,15H2,1-2H3. The minimum absolute atomic E-state index is 0.166. The van der Waals surface area contributed by atoms with E-state index in [2.05, 4.69) is 48.3 Å². The van der Waals surface area contributed by atoms with Crippen LogP contribution in [0, 0.1) is 13.8 Å². The van der Waals surface area contributed by atoms with Crippen LogP contribution in [0.4, 0.5) is 11.4 Å². The minimum atomic E-state index is 0.166. The van der Waals surface area contributed by atoms with Gasteiger partial charge in [-0.25, -0.2) is 0 Å². The van der Waals surface area contributed by atoms with Crippen LogP contribution >= 0.6 is 0 Å². The molecule has 1 aliphatic rings. The molecule has 1 heterocycles. The molecule has 0 radical (unpaired) electrons. The maximum atomic E-state index is 12.4. The molecule has 3 rings (SSSR count). The van der Waals surface area contributed by atoms with Gasteiger partial charge in [-0.1, -0.05) is 29.8 Å². The summed E-state index contributed by atoms with van der Waals surface area (Å²) in [5, 5.41) is 3.21. The largest absolute Gasteiger partial charge is 0.376 e. The third-order valence-electron chi connectivity index (χ3n) is 4.49. The number of hydrogen-bond donors (Lipinski definition) is 1. The molecule has 1 aliphatic heterocycles. The van der Waals surface area contributed by atoms with Crippen LogP contribution < -0.4 is 10.2 Å². The van der Waals surface area contributed by atoms with Gasteiger partial charge in [-0.3, -0.25) is 4.79 Å². The summed E-state index contributed by atoms with van der Waals surface area (Å²) in [5.74, 6) is 0.166. The lowest BCUT2D eigenvalue weighted by atomic mass is 10.2. The van der Waals surface area contributed by atoms with Crippen LogP contribution in [0.5, 0.6) is 0 Å². The first-order chi connectivity index (χ1) is 11.6. The second-order valence-electron chi connectivity index (χ2n) is 6.43. The highest BCUT2D eigenvalue weighted by Gasteiger charge is 2.21. The Morgan fingerprint density at radius 2 is 1.67 bits per heavy atom. The number of nitrogens with one attached hydrogen (secondary N) is 1. The van der Waals surface area contributed by atoms with Gasteiger partial charge in [0.15, 0.2) is 0 Å². The molecule has 0 saturated carbocycles. The molecule has 0 spiro atoms.